The van der Waals surface area contributed by atoms with Crippen molar-refractivity contribution in [3.8, 4) is 0 Å². The first kappa shape index (κ1) is 14.2. The lowest BCUT2D eigenvalue weighted by molar-refractivity contribution is 0.0743. The summed E-state index contributed by atoms with van der Waals surface area (Å²) in [5.41, 5.74) is 0.688. The van der Waals surface area contributed by atoms with E-state index >= 15 is 0 Å². The van der Waals surface area contributed by atoms with Crippen molar-refractivity contribution in [3.63, 3.8) is 0 Å². The number of nitrogens with zero attached hydrogens (tertiary/aromatic N) is 1. The molecule has 1 unspecified atom stereocenters. The second kappa shape index (κ2) is 6.26. The summed E-state index contributed by atoms with van der Waals surface area (Å²) in [5.74, 6) is 0.0416. The Morgan fingerprint density at radius 2 is 2.16 bits per heavy atom. The molecule has 100 valence electrons. The van der Waals surface area contributed by atoms with Gasteiger partial charge in [-0.2, -0.15) is 0 Å². The minimum Gasteiger partial charge on any atom is -0.339 e. The fourth-order valence-electron chi connectivity index (χ4n) is 1.90. The summed E-state index contributed by atoms with van der Waals surface area (Å²) in [6.07, 6.45) is 0.889. The van der Waals surface area contributed by atoms with Crippen LogP contribution in [0.5, 0.6) is 0 Å². The van der Waals surface area contributed by atoms with Crippen LogP contribution in [0.15, 0.2) is 46.7 Å². The minimum atomic E-state index is 0.0416. The van der Waals surface area contributed by atoms with Crippen molar-refractivity contribution in [1.82, 2.24) is 4.90 Å². The molecule has 1 amide bonds. The molecule has 1 heterocycles. The van der Waals surface area contributed by atoms with Crippen molar-refractivity contribution in [2.45, 2.75) is 24.3 Å². The fraction of sp³-hybridized carbons (Fsp3) is 0.267. The molecule has 0 N–H and O–H groups in total. The molecule has 0 radical (unpaired) electrons. The Morgan fingerprint density at radius 1 is 1.37 bits per heavy atom. The van der Waals surface area contributed by atoms with Crippen molar-refractivity contribution in [1.29, 1.82) is 0 Å². The first-order valence-electron chi connectivity index (χ1n) is 6.16. The molecule has 0 aliphatic carbocycles. The molecule has 0 aliphatic heterocycles. The first-order valence-corrected chi connectivity index (χ1v) is 7.49. The van der Waals surface area contributed by atoms with Crippen LogP contribution in [-0.2, 0) is 6.42 Å². The molecule has 4 heteroatoms. The molecule has 0 saturated carbocycles. The van der Waals surface area contributed by atoms with Crippen molar-refractivity contribution in [3.05, 3.63) is 52.2 Å². The number of benzene rings is 1. The van der Waals surface area contributed by atoms with Crippen LogP contribution in [0.3, 0.4) is 0 Å². The maximum atomic E-state index is 12.4. The Labute approximate surface area is 123 Å². The van der Waals surface area contributed by atoms with Crippen molar-refractivity contribution in [2.24, 2.45) is 0 Å². The van der Waals surface area contributed by atoms with Gasteiger partial charge in [0.1, 0.15) is 0 Å². The summed E-state index contributed by atoms with van der Waals surface area (Å²) < 4.78 is 0. The smallest absolute Gasteiger partial charge is 0.253 e. The molecular formula is C15H17NOS2. The topological polar surface area (TPSA) is 20.3 Å². The molecule has 0 saturated heterocycles. The van der Waals surface area contributed by atoms with Gasteiger partial charge in [0.05, 0.1) is 0 Å². The highest BCUT2D eigenvalue weighted by Gasteiger charge is 2.18. The van der Waals surface area contributed by atoms with Crippen molar-refractivity contribution < 1.29 is 4.79 Å². The number of thiophene rings is 1. The maximum Gasteiger partial charge on any atom is 0.253 e. The Balaban J connectivity index is 2.06. The van der Waals surface area contributed by atoms with E-state index in [1.165, 1.54) is 4.88 Å². The van der Waals surface area contributed by atoms with Crippen molar-refractivity contribution >= 4 is 29.9 Å². The predicted octanol–water partition coefficient (Wildman–Crippen LogP) is 3.74. The third kappa shape index (κ3) is 3.61. The minimum absolute atomic E-state index is 0.0416. The fourth-order valence-corrected chi connectivity index (χ4v) is 2.95. The van der Waals surface area contributed by atoms with Gasteiger partial charge < -0.3 is 4.90 Å². The Kier molecular flexibility index (Phi) is 4.66. The first-order chi connectivity index (χ1) is 9.08. The Morgan fingerprint density at radius 3 is 2.79 bits per heavy atom. The van der Waals surface area contributed by atoms with Crippen molar-refractivity contribution in [2.75, 3.05) is 7.05 Å². The summed E-state index contributed by atoms with van der Waals surface area (Å²) in [5, 5.41) is 2.06. The zero-order chi connectivity index (χ0) is 13.8. The highest BCUT2D eigenvalue weighted by molar-refractivity contribution is 7.80. The van der Waals surface area contributed by atoms with E-state index in [0.29, 0.717) is 5.56 Å². The van der Waals surface area contributed by atoms with E-state index in [9.17, 15) is 4.79 Å². The van der Waals surface area contributed by atoms with E-state index in [2.05, 4.69) is 31.0 Å². The van der Waals surface area contributed by atoms with Crippen LogP contribution in [0.25, 0.3) is 0 Å². The summed E-state index contributed by atoms with van der Waals surface area (Å²) in [4.78, 5) is 16.3. The molecule has 0 spiro atoms. The van der Waals surface area contributed by atoms with Crippen LogP contribution < -0.4 is 0 Å². The lowest BCUT2D eigenvalue weighted by Crippen LogP contribution is -2.36. The van der Waals surface area contributed by atoms with Crippen LogP contribution in [0.2, 0.25) is 0 Å². The SMILES string of the molecule is CC(Cc1cccs1)N(C)C(=O)c1cccc(S)c1. The van der Waals surface area contributed by atoms with Gasteiger partial charge in [-0.1, -0.05) is 12.1 Å². The van der Waals surface area contributed by atoms with Gasteiger partial charge in [0.2, 0.25) is 0 Å². The highest BCUT2D eigenvalue weighted by Crippen LogP contribution is 2.16. The summed E-state index contributed by atoms with van der Waals surface area (Å²) in [7, 11) is 1.85. The molecule has 1 aromatic heterocycles. The number of likely N-dealkylation sites (N-methyl/N-ethyl adjacent to an activating group) is 1. The van der Waals surface area contributed by atoms with Gasteiger partial charge in [0, 0.05) is 34.8 Å². The highest BCUT2D eigenvalue weighted by atomic mass is 32.1. The standard InChI is InChI=1S/C15H17NOS2/c1-11(9-14-7-4-8-19-14)16(2)15(17)12-5-3-6-13(18)10-12/h3-8,10-11,18H,9H2,1-2H3. The van der Waals surface area contributed by atoms with Crippen LogP contribution in [0.1, 0.15) is 22.2 Å². The van der Waals surface area contributed by atoms with Gasteiger partial charge in [0.25, 0.3) is 5.91 Å². The molecule has 2 nitrogen and oxygen atoms in total. The molecule has 0 aliphatic rings. The van der Waals surface area contributed by atoms with Gasteiger partial charge in [-0.15, -0.1) is 24.0 Å². The quantitative estimate of drug-likeness (QED) is 0.851. The molecule has 0 fully saturated rings. The second-order valence-corrected chi connectivity index (χ2v) is 6.15. The van der Waals surface area contributed by atoms with E-state index in [-0.39, 0.29) is 11.9 Å². The largest absolute Gasteiger partial charge is 0.339 e. The number of hydrogen-bond donors (Lipinski definition) is 1. The molecule has 1 atom stereocenters. The molecular weight excluding hydrogens is 274 g/mol. The average molecular weight is 291 g/mol. The normalized spacial score (nSPS) is 12.2. The lowest BCUT2D eigenvalue weighted by Gasteiger charge is -2.24. The van der Waals surface area contributed by atoms with Crippen LogP contribution >= 0.6 is 24.0 Å². The Hall–Kier alpha value is -1.26. The monoisotopic (exact) mass is 291 g/mol. The molecule has 19 heavy (non-hydrogen) atoms. The summed E-state index contributed by atoms with van der Waals surface area (Å²) in [6.45, 7) is 2.07. The predicted molar refractivity (Wildman–Crippen MR) is 83.3 cm³/mol. The van der Waals surface area contributed by atoms with E-state index in [1.807, 2.05) is 31.3 Å². The van der Waals surface area contributed by atoms with E-state index in [4.69, 9.17) is 0 Å². The van der Waals surface area contributed by atoms with Crippen LogP contribution in [0, 0.1) is 0 Å². The molecule has 2 aromatic rings. The van der Waals surface area contributed by atoms with Gasteiger partial charge in [0.15, 0.2) is 0 Å². The number of carbonyl (C=O) groups is 1. The van der Waals surface area contributed by atoms with Gasteiger partial charge in [-0.25, -0.2) is 0 Å². The molecule has 0 bridgehead atoms. The summed E-state index contributed by atoms with van der Waals surface area (Å²) in [6, 6.07) is 11.7. The zero-order valence-corrected chi connectivity index (χ0v) is 12.7. The number of amides is 1. The molecule has 1 aromatic carbocycles. The zero-order valence-electron chi connectivity index (χ0n) is 11.0. The third-order valence-corrected chi connectivity index (χ3v) is 4.33. The number of carbonyl (C=O) groups excluding carboxylic acids is 1. The van der Waals surface area contributed by atoms with E-state index < -0.39 is 0 Å². The van der Waals surface area contributed by atoms with Crippen LogP contribution in [0.4, 0.5) is 0 Å². The third-order valence-electron chi connectivity index (χ3n) is 3.15. The van der Waals surface area contributed by atoms with Crippen LogP contribution in [-0.4, -0.2) is 23.9 Å². The van der Waals surface area contributed by atoms with Gasteiger partial charge in [-0.05, 0) is 36.6 Å². The summed E-state index contributed by atoms with van der Waals surface area (Å²) >= 11 is 6.00. The van der Waals surface area contributed by atoms with E-state index in [1.54, 1.807) is 22.3 Å². The Bertz CT molecular complexity index is 551. The second-order valence-electron chi connectivity index (χ2n) is 4.60. The van der Waals surface area contributed by atoms with Gasteiger partial charge >= 0.3 is 0 Å². The average Bonchev–Trinajstić information content (AvgIpc) is 2.89. The molecule has 2 rings (SSSR count). The lowest BCUT2D eigenvalue weighted by atomic mass is 10.1. The maximum absolute atomic E-state index is 12.4. The number of rotatable bonds is 4. The van der Waals surface area contributed by atoms with E-state index in [0.717, 1.165) is 11.3 Å². The number of hydrogen-bond acceptors (Lipinski definition) is 3. The number of thiol groups is 1. The van der Waals surface area contributed by atoms with Gasteiger partial charge in [-0.3, -0.25) is 4.79 Å².